The normalized spacial score (nSPS) is 11.0. The van der Waals surface area contributed by atoms with Crippen LogP contribution in [-0.4, -0.2) is 0 Å². The number of rotatable bonds is 14. The second-order valence-electron chi connectivity index (χ2n) is 8.03. The van der Waals surface area contributed by atoms with Gasteiger partial charge in [-0.1, -0.05) is 89.5 Å². The van der Waals surface area contributed by atoms with E-state index in [2.05, 4.69) is 62.4 Å². The SMILES string of the molecule is CCCCCCCc1ccc(N(N)c2ccc(CCCCCCC)cc2)cc1. The van der Waals surface area contributed by atoms with Gasteiger partial charge in [0, 0.05) is 0 Å². The Morgan fingerprint density at radius 2 is 0.893 bits per heavy atom. The molecule has 2 N–H and O–H groups in total. The molecule has 0 aliphatic rings. The third-order valence-corrected chi connectivity index (χ3v) is 5.57. The minimum absolute atomic E-state index is 1.04. The Morgan fingerprint density at radius 1 is 0.536 bits per heavy atom. The van der Waals surface area contributed by atoms with E-state index in [4.69, 9.17) is 5.84 Å². The lowest BCUT2D eigenvalue weighted by Crippen LogP contribution is -2.24. The van der Waals surface area contributed by atoms with Gasteiger partial charge in [-0.05, 0) is 61.1 Å². The molecule has 0 heterocycles. The predicted octanol–water partition coefficient (Wildman–Crippen LogP) is 7.72. The maximum Gasteiger partial charge on any atom is 0.0575 e. The molecule has 0 fully saturated rings. The Kier molecular flexibility index (Phi) is 10.8. The number of nitrogens with zero attached hydrogens (tertiary/aromatic N) is 1. The van der Waals surface area contributed by atoms with Crippen LogP contribution in [0, 0.1) is 0 Å². The first kappa shape index (κ1) is 22.5. The lowest BCUT2D eigenvalue weighted by Gasteiger charge is -2.19. The third kappa shape index (κ3) is 8.06. The highest BCUT2D eigenvalue weighted by Gasteiger charge is 2.05. The Morgan fingerprint density at radius 3 is 1.25 bits per heavy atom. The molecular formula is C26H40N2. The van der Waals surface area contributed by atoms with Crippen LogP contribution in [0.3, 0.4) is 0 Å². The maximum absolute atomic E-state index is 6.36. The zero-order valence-corrected chi connectivity index (χ0v) is 18.1. The van der Waals surface area contributed by atoms with Crippen molar-refractivity contribution in [3.8, 4) is 0 Å². The Bertz CT molecular complexity index is 573. The van der Waals surface area contributed by atoms with Crippen LogP contribution in [0.15, 0.2) is 48.5 Å². The lowest BCUT2D eigenvalue weighted by atomic mass is 10.0. The van der Waals surface area contributed by atoms with Gasteiger partial charge in [-0.25, -0.2) is 5.84 Å². The molecule has 28 heavy (non-hydrogen) atoms. The summed E-state index contributed by atoms with van der Waals surface area (Å²) in [5, 5.41) is 1.79. The van der Waals surface area contributed by atoms with E-state index in [-0.39, 0.29) is 0 Å². The van der Waals surface area contributed by atoms with Gasteiger partial charge in [0.1, 0.15) is 0 Å². The summed E-state index contributed by atoms with van der Waals surface area (Å²) in [6, 6.07) is 17.5. The number of aryl methyl sites for hydroxylation is 2. The van der Waals surface area contributed by atoms with Crippen molar-refractivity contribution in [2.24, 2.45) is 5.84 Å². The number of unbranched alkanes of at least 4 members (excludes halogenated alkanes) is 8. The molecular weight excluding hydrogens is 340 g/mol. The van der Waals surface area contributed by atoms with Crippen LogP contribution >= 0.6 is 0 Å². The number of hydrogen-bond donors (Lipinski definition) is 1. The number of anilines is 2. The molecule has 0 atom stereocenters. The second kappa shape index (κ2) is 13.4. The summed E-state index contributed by atoms with van der Waals surface area (Å²) in [6.07, 6.45) is 15.6. The van der Waals surface area contributed by atoms with Crippen molar-refractivity contribution in [3.63, 3.8) is 0 Å². The molecule has 2 heteroatoms. The molecule has 0 saturated carbocycles. The van der Waals surface area contributed by atoms with Crippen molar-refractivity contribution in [1.82, 2.24) is 0 Å². The summed E-state index contributed by atoms with van der Waals surface area (Å²) in [5.74, 6) is 6.36. The van der Waals surface area contributed by atoms with E-state index in [9.17, 15) is 0 Å². The second-order valence-corrected chi connectivity index (χ2v) is 8.03. The van der Waals surface area contributed by atoms with Gasteiger partial charge in [-0.15, -0.1) is 0 Å². The van der Waals surface area contributed by atoms with Crippen molar-refractivity contribution < 1.29 is 0 Å². The molecule has 0 unspecified atom stereocenters. The van der Waals surface area contributed by atoms with E-state index in [1.54, 1.807) is 5.01 Å². The Labute approximate surface area is 173 Å². The summed E-state index contributed by atoms with van der Waals surface area (Å²) in [5.41, 5.74) is 4.91. The molecule has 154 valence electrons. The van der Waals surface area contributed by atoms with Gasteiger partial charge in [0.15, 0.2) is 0 Å². The Balaban J connectivity index is 1.79. The van der Waals surface area contributed by atoms with Gasteiger partial charge in [-0.3, -0.25) is 5.01 Å². The fraction of sp³-hybridized carbons (Fsp3) is 0.538. The molecule has 2 aromatic carbocycles. The minimum atomic E-state index is 1.04. The van der Waals surface area contributed by atoms with Crippen molar-refractivity contribution in [2.75, 3.05) is 5.01 Å². The first-order valence-electron chi connectivity index (χ1n) is 11.5. The first-order chi connectivity index (χ1) is 13.7. The molecule has 0 bridgehead atoms. The van der Waals surface area contributed by atoms with E-state index in [0.29, 0.717) is 0 Å². The standard InChI is InChI=1S/C26H40N2/c1-3-5-7-9-11-13-23-15-19-25(20-16-23)28(27)26-21-17-24(18-22-26)14-12-10-8-6-4-2/h15-22H,3-14,27H2,1-2H3. The molecule has 0 saturated heterocycles. The van der Waals surface area contributed by atoms with E-state index < -0.39 is 0 Å². The minimum Gasteiger partial charge on any atom is -0.280 e. The van der Waals surface area contributed by atoms with Crippen LogP contribution in [0.4, 0.5) is 11.4 Å². The van der Waals surface area contributed by atoms with Crippen molar-refractivity contribution in [3.05, 3.63) is 59.7 Å². The molecule has 2 rings (SSSR count). The van der Waals surface area contributed by atoms with Gasteiger partial charge in [0.05, 0.1) is 11.4 Å². The molecule has 0 aromatic heterocycles. The molecule has 0 aliphatic carbocycles. The van der Waals surface area contributed by atoms with E-state index in [1.165, 1.54) is 88.2 Å². The molecule has 0 aliphatic heterocycles. The van der Waals surface area contributed by atoms with E-state index in [1.807, 2.05) is 0 Å². The smallest absolute Gasteiger partial charge is 0.0575 e. The van der Waals surface area contributed by atoms with Gasteiger partial charge in [0.2, 0.25) is 0 Å². The quantitative estimate of drug-likeness (QED) is 0.206. The van der Waals surface area contributed by atoms with Crippen molar-refractivity contribution >= 4 is 11.4 Å². The van der Waals surface area contributed by atoms with Gasteiger partial charge in [0.25, 0.3) is 0 Å². The number of nitrogens with two attached hydrogens (primary N) is 1. The van der Waals surface area contributed by atoms with Crippen LogP contribution in [0.5, 0.6) is 0 Å². The topological polar surface area (TPSA) is 29.3 Å². The van der Waals surface area contributed by atoms with E-state index in [0.717, 1.165) is 11.4 Å². The zero-order valence-electron chi connectivity index (χ0n) is 18.1. The summed E-state index contributed by atoms with van der Waals surface area (Å²) >= 11 is 0. The molecule has 0 spiro atoms. The highest BCUT2D eigenvalue weighted by molar-refractivity contribution is 5.62. The highest BCUT2D eigenvalue weighted by Crippen LogP contribution is 2.23. The predicted molar refractivity (Wildman–Crippen MR) is 124 cm³/mol. The third-order valence-electron chi connectivity index (χ3n) is 5.57. The van der Waals surface area contributed by atoms with Crippen LogP contribution < -0.4 is 10.9 Å². The molecule has 0 amide bonds. The van der Waals surface area contributed by atoms with Crippen molar-refractivity contribution in [2.45, 2.75) is 90.9 Å². The zero-order chi connectivity index (χ0) is 20.0. The fourth-order valence-electron chi connectivity index (χ4n) is 3.66. The Hall–Kier alpha value is -1.80. The number of hydrazine groups is 1. The van der Waals surface area contributed by atoms with Crippen LogP contribution in [0.1, 0.15) is 89.2 Å². The van der Waals surface area contributed by atoms with Crippen LogP contribution in [0.25, 0.3) is 0 Å². The lowest BCUT2D eigenvalue weighted by molar-refractivity contribution is 0.632. The summed E-state index contributed by atoms with van der Waals surface area (Å²) in [4.78, 5) is 0. The summed E-state index contributed by atoms with van der Waals surface area (Å²) in [7, 11) is 0. The number of benzene rings is 2. The average Bonchev–Trinajstić information content (AvgIpc) is 2.74. The molecule has 0 radical (unpaired) electrons. The van der Waals surface area contributed by atoms with Gasteiger partial charge in [-0.2, -0.15) is 0 Å². The highest BCUT2D eigenvalue weighted by atomic mass is 15.4. The largest absolute Gasteiger partial charge is 0.280 e. The van der Waals surface area contributed by atoms with Crippen LogP contribution in [-0.2, 0) is 12.8 Å². The van der Waals surface area contributed by atoms with Crippen molar-refractivity contribution in [1.29, 1.82) is 0 Å². The van der Waals surface area contributed by atoms with Crippen LogP contribution in [0.2, 0.25) is 0 Å². The number of hydrogen-bond acceptors (Lipinski definition) is 2. The maximum atomic E-state index is 6.36. The monoisotopic (exact) mass is 380 g/mol. The van der Waals surface area contributed by atoms with Gasteiger partial charge < -0.3 is 0 Å². The summed E-state index contributed by atoms with van der Waals surface area (Å²) < 4.78 is 0. The van der Waals surface area contributed by atoms with E-state index >= 15 is 0 Å². The summed E-state index contributed by atoms with van der Waals surface area (Å²) in [6.45, 7) is 4.53. The first-order valence-corrected chi connectivity index (χ1v) is 11.5. The van der Waals surface area contributed by atoms with Gasteiger partial charge >= 0.3 is 0 Å². The average molecular weight is 381 g/mol. The fourth-order valence-corrected chi connectivity index (χ4v) is 3.66. The molecule has 2 nitrogen and oxygen atoms in total. The molecule has 2 aromatic rings.